The summed E-state index contributed by atoms with van der Waals surface area (Å²) in [4.78, 5) is 50.9. The molecular formula is C64H80F3N27O6. The van der Waals surface area contributed by atoms with Gasteiger partial charge < -0.3 is 92.1 Å². The van der Waals surface area contributed by atoms with Crippen molar-refractivity contribution in [2.24, 2.45) is 5.92 Å². The topological polar surface area (TPSA) is 391 Å². The van der Waals surface area contributed by atoms with Crippen LogP contribution >= 0.6 is 0 Å². The number of aliphatic hydroxyl groups is 3. The Bertz CT molecular complexity index is 4030. The maximum atomic E-state index is 14.8. The van der Waals surface area contributed by atoms with E-state index in [0.717, 1.165) is 127 Å². The normalized spacial score (nSPS) is 18.2. The Morgan fingerprint density at radius 2 is 0.720 bits per heavy atom. The minimum atomic E-state index is -0.415. The third kappa shape index (κ3) is 16.0. The van der Waals surface area contributed by atoms with Gasteiger partial charge in [-0.15, -0.1) is 15.3 Å². The molecule has 6 fully saturated rings. The van der Waals surface area contributed by atoms with Gasteiger partial charge in [0.1, 0.15) is 53.9 Å². The molecule has 12 heterocycles. The molecule has 15 rings (SSSR count). The number of hydrogen-bond acceptors (Lipinski definition) is 30. The summed E-state index contributed by atoms with van der Waals surface area (Å²) in [5.41, 5.74) is 21.4. The lowest BCUT2D eigenvalue weighted by atomic mass is 9.98. The number of aliphatic hydroxyl groups excluding tert-OH is 3. The first-order chi connectivity index (χ1) is 48.8. The summed E-state index contributed by atoms with van der Waals surface area (Å²) < 4.78 is 64.5. The van der Waals surface area contributed by atoms with Crippen LogP contribution in [-0.2, 0) is 14.2 Å². The summed E-state index contributed by atoms with van der Waals surface area (Å²) in [5.74, 6) is 3.37. The first kappa shape index (κ1) is 68.0. The average molecular weight is 1380 g/mol. The molecule has 6 aliphatic heterocycles. The average Bonchev–Trinajstić information content (AvgIpc) is 1.69. The number of anilines is 15. The van der Waals surface area contributed by atoms with Crippen LogP contribution in [-0.4, -0.2) is 227 Å². The van der Waals surface area contributed by atoms with Gasteiger partial charge in [0.25, 0.3) is 0 Å². The fourth-order valence-electron chi connectivity index (χ4n) is 12.7. The first-order valence-electron chi connectivity index (χ1n) is 33.3. The van der Waals surface area contributed by atoms with E-state index >= 15 is 0 Å². The van der Waals surface area contributed by atoms with E-state index in [9.17, 15) is 28.5 Å². The number of hydrogen-bond donors (Lipinski definition) is 9. The van der Waals surface area contributed by atoms with Crippen LogP contribution in [0.4, 0.5) is 100 Å². The molecule has 0 saturated carbocycles. The Morgan fingerprint density at radius 1 is 0.390 bits per heavy atom. The predicted molar refractivity (Wildman–Crippen MR) is 369 cm³/mol. The number of aromatic nitrogens is 15. The standard InChI is InChI=1S/C22H28FN9O2.2C21H26FN9O2/c23-17-11-16(30-7-9-34-10-8-30)1-2-18(17)27-22-28-21(24)32(29-22)20-12-19(25-14-26-20)31-5-3-15(13-33)4-6-31;2*22-16-10-14(29-6-8-33-9-7-29)3-4-17(16)26-21-27-20(23)31(28-21)19-11-18(24-13-25-19)30-5-1-2-15(30)12-32/h1-2,11-12,14-15,33H,3-10,13H2,(H3,24,27,28,29);2*3-4,10-11,13,15,32H,1-2,5-9,12H2,(H3,23,26,27,28)/t;2*15-/m.10/s1. The quantitative estimate of drug-likeness (QED) is 0.0581. The number of ether oxygens (including phenoxy) is 3. The maximum Gasteiger partial charge on any atom is 0.248 e. The molecule has 33 nitrogen and oxygen atoms in total. The highest BCUT2D eigenvalue weighted by atomic mass is 19.1. The molecule has 12 N–H and O–H groups in total. The van der Waals surface area contributed by atoms with Gasteiger partial charge in [-0.25, -0.2) is 43.1 Å². The molecule has 100 heavy (non-hydrogen) atoms. The van der Waals surface area contributed by atoms with Crippen molar-refractivity contribution in [3.05, 3.63) is 109 Å². The summed E-state index contributed by atoms with van der Waals surface area (Å²) in [6, 6.07) is 20.3. The fraction of sp³-hybridized carbons (Fsp3) is 0.438. The lowest BCUT2D eigenvalue weighted by molar-refractivity contribution is 0.122. The second-order valence-electron chi connectivity index (χ2n) is 24.4. The van der Waals surface area contributed by atoms with Crippen molar-refractivity contribution < 1.29 is 42.7 Å². The number of piperidine rings is 1. The molecule has 0 amide bonds. The van der Waals surface area contributed by atoms with Crippen molar-refractivity contribution in [2.75, 3.05) is 187 Å². The van der Waals surface area contributed by atoms with Crippen LogP contribution in [0.1, 0.15) is 38.5 Å². The van der Waals surface area contributed by atoms with Crippen molar-refractivity contribution in [1.29, 1.82) is 0 Å². The van der Waals surface area contributed by atoms with Gasteiger partial charge in [-0.1, -0.05) is 0 Å². The highest BCUT2D eigenvalue weighted by molar-refractivity contribution is 5.64. The maximum absolute atomic E-state index is 14.8. The van der Waals surface area contributed by atoms with E-state index in [4.69, 9.17) is 31.4 Å². The van der Waals surface area contributed by atoms with Crippen molar-refractivity contribution in [3.63, 3.8) is 0 Å². The number of nitrogens with zero attached hydrogens (tertiary/aromatic N) is 21. The zero-order valence-electron chi connectivity index (χ0n) is 54.9. The number of halogens is 3. The molecule has 0 unspecified atom stereocenters. The molecule has 9 aromatic rings. The van der Waals surface area contributed by atoms with Crippen LogP contribution in [0.3, 0.4) is 0 Å². The van der Waals surface area contributed by atoms with E-state index < -0.39 is 17.5 Å². The monoisotopic (exact) mass is 1380 g/mol. The van der Waals surface area contributed by atoms with Crippen molar-refractivity contribution in [3.8, 4) is 17.5 Å². The van der Waals surface area contributed by atoms with Crippen molar-refractivity contribution in [1.82, 2.24) is 74.2 Å². The second kappa shape index (κ2) is 31.6. The molecule has 0 spiro atoms. The third-order valence-corrected chi connectivity index (χ3v) is 18.1. The fourth-order valence-corrected chi connectivity index (χ4v) is 12.7. The van der Waals surface area contributed by atoms with Gasteiger partial charge in [-0.05, 0) is 99.0 Å². The molecule has 0 aliphatic carbocycles. The zero-order valence-corrected chi connectivity index (χ0v) is 54.9. The van der Waals surface area contributed by atoms with E-state index in [2.05, 4.69) is 95.7 Å². The highest BCUT2D eigenvalue weighted by Crippen LogP contribution is 2.32. The van der Waals surface area contributed by atoms with Gasteiger partial charge in [-0.3, -0.25) is 0 Å². The van der Waals surface area contributed by atoms with Gasteiger partial charge >= 0.3 is 0 Å². The Kier molecular flexibility index (Phi) is 21.5. The summed E-state index contributed by atoms with van der Waals surface area (Å²) >= 11 is 0. The van der Waals surface area contributed by atoms with E-state index in [1.807, 2.05) is 28.0 Å². The van der Waals surface area contributed by atoms with Crippen LogP contribution in [0.2, 0.25) is 0 Å². The molecule has 36 heteroatoms. The van der Waals surface area contributed by atoms with Gasteiger partial charge in [0, 0.05) is 107 Å². The molecule has 0 radical (unpaired) electrons. The SMILES string of the molecule is Nc1nc(Nc2ccc(N3CCOCC3)cc2F)nn1-c1cc(N2CCC(CO)CC2)ncn1.Nc1nc(Nc2ccc(N3CCOCC3)cc2F)nn1-c1cc(N2CCC[C@@H]2CO)ncn1.Nc1nc(Nc2ccc(N3CCOCC3)cc2F)nn1-c1cc(N2CCC[C@H]2CO)ncn1. The number of nitrogens with one attached hydrogen (secondary N) is 3. The second-order valence-corrected chi connectivity index (χ2v) is 24.4. The Morgan fingerprint density at radius 3 is 1.05 bits per heavy atom. The van der Waals surface area contributed by atoms with E-state index in [1.165, 1.54) is 51.2 Å². The summed E-state index contributed by atoms with van der Waals surface area (Å²) in [5, 5.41) is 50.3. The van der Waals surface area contributed by atoms with Crippen LogP contribution < -0.4 is 62.6 Å². The smallest absolute Gasteiger partial charge is 0.248 e. The van der Waals surface area contributed by atoms with Gasteiger partial charge in [0.05, 0.1) is 82.0 Å². The molecule has 6 aliphatic rings. The van der Waals surface area contributed by atoms with Gasteiger partial charge in [0.2, 0.25) is 35.7 Å². The molecular weight excluding hydrogens is 1300 g/mol. The minimum absolute atomic E-state index is 0.0291. The summed E-state index contributed by atoms with van der Waals surface area (Å²) in [6.45, 7) is 11.7. The number of nitrogens with two attached hydrogens (primary N) is 3. The molecule has 3 aromatic carbocycles. The predicted octanol–water partition coefficient (Wildman–Crippen LogP) is 4.21. The number of rotatable bonds is 18. The Balaban J connectivity index is 0.000000134. The number of nitrogen functional groups attached to an aromatic ring is 3. The summed E-state index contributed by atoms with van der Waals surface area (Å²) in [7, 11) is 0. The molecule has 0 bridgehead atoms. The summed E-state index contributed by atoms with van der Waals surface area (Å²) in [6.07, 6.45) is 9.92. The Labute approximate surface area is 572 Å². The highest BCUT2D eigenvalue weighted by Gasteiger charge is 2.29. The van der Waals surface area contributed by atoms with Crippen molar-refractivity contribution in [2.45, 2.75) is 50.6 Å². The number of benzene rings is 3. The first-order valence-corrected chi connectivity index (χ1v) is 33.3. The van der Waals surface area contributed by atoms with Gasteiger partial charge in [0.15, 0.2) is 17.5 Å². The largest absolute Gasteiger partial charge is 0.396 e. The van der Waals surface area contributed by atoms with Crippen LogP contribution in [0, 0.1) is 23.4 Å². The molecule has 6 aromatic heterocycles. The van der Waals surface area contributed by atoms with Crippen LogP contribution in [0.25, 0.3) is 17.5 Å². The number of morpholine rings is 3. The Hall–Kier alpha value is -10.5. The van der Waals surface area contributed by atoms with E-state index in [0.29, 0.717) is 74.6 Å². The zero-order chi connectivity index (χ0) is 69.1. The van der Waals surface area contributed by atoms with E-state index in [1.54, 1.807) is 36.4 Å². The van der Waals surface area contributed by atoms with Crippen LogP contribution in [0.15, 0.2) is 91.8 Å². The van der Waals surface area contributed by atoms with Gasteiger partial charge in [-0.2, -0.15) is 29.0 Å². The minimum Gasteiger partial charge on any atom is -0.396 e. The third-order valence-electron chi connectivity index (χ3n) is 18.1. The lowest BCUT2D eigenvalue weighted by Crippen LogP contribution is -2.36. The molecule has 2 atom stereocenters. The van der Waals surface area contributed by atoms with Crippen molar-refractivity contribution >= 4 is 87.3 Å². The molecule has 6 saturated heterocycles. The van der Waals surface area contributed by atoms with E-state index in [-0.39, 0.29) is 84.7 Å². The lowest BCUT2D eigenvalue weighted by Gasteiger charge is -2.31. The van der Waals surface area contributed by atoms with Crippen LogP contribution in [0.5, 0.6) is 0 Å². The molecule has 528 valence electrons.